The van der Waals surface area contributed by atoms with E-state index < -0.39 is 0 Å². The molecule has 162 valence electrons. The molecule has 0 bridgehead atoms. The van der Waals surface area contributed by atoms with Crippen molar-refractivity contribution in [1.29, 1.82) is 0 Å². The van der Waals surface area contributed by atoms with Crippen LogP contribution in [-0.4, -0.2) is 46.9 Å². The smallest absolute Gasteiger partial charge is 0.0938 e. The zero-order valence-electron chi connectivity index (χ0n) is 17.2. The molecule has 31 heavy (non-hydrogen) atoms. The number of hydrogen-bond donors (Lipinski definition) is 0. The molecule has 0 unspecified atom stereocenters. The molecule has 1 aliphatic heterocycles. The second-order valence-corrected chi connectivity index (χ2v) is 9.65. The standard InChI is InChI=1S/C24H25Cl3N4/c25-17-5-8-20(22(27)15-17)23-9-10-31(28-23)19-7-6-18(16-19)29-11-13-30(14-12-29)24-4-2-1-3-21(24)26/h1-5,8-10,15,18-19H,6-7,11-14,16H2/t18-,19-/m0/s1. The maximum absolute atomic E-state index is 6.39. The first-order valence-corrected chi connectivity index (χ1v) is 12.0. The Hall–Kier alpha value is -1.72. The fraction of sp³-hybridized carbons (Fsp3) is 0.375. The molecule has 0 N–H and O–H groups in total. The molecule has 1 aromatic heterocycles. The van der Waals surface area contributed by atoms with E-state index in [1.165, 1.54) is 6.42 Å². The number of para-hydroxylation sites is 1. The fourth-order valence-electron chi connectivity index (χ4n) is 4.92. The first-order chi connectivity index (χ1) is 15.1. The number of aromatic nitrogens is 2. The molecule has 1 aliphatic carbocycles. The second kappa shape index (κ2) is 9.03. The number of nitrogens with zero attached hydrogens (tertiary/aromatic N) is 4. The summed E-state index contributed by atoms with van der Waals surface area (Å²) in [5.41, 5.74) is 2.98. The first-order valence-electron chi connectivity index (χ1n) is 10.8. The van der Waals surface area contributed by atoms with E-state index in [1.807, 2.05) is 30.3 Å². The lowest BCUT2D eigenvalue weighted by Gasteiger charge is -2.39. The lowest BCUT2D eigenvalue weighted by atomic mass is 10.1. The van der Waals surface area contributed by atoms with Crippen molar-refractivity contribution in [2.24, 2.45) is 0 Å². The van der Waals surface area contributed by atoms with Gasteiger partial charge >= 0.3 is 0 Å². The van der Waals surface area contributed by atoms with Crippen LogP contribution in [0.15, 0.2) is 54.7 Å². The number of benzene rings is 2. The monoisotopic (exact) mass is 474 g/mol. The molecule has 3 aromatic rings. The molecule has 2 atom stereocenters. The van der Waals surface area contributed by atoms with Gasteiger partial charge in [0.25, 0.3) is 0 Å². The number of rotatable bonds is 4. The van der Waals surface area contributed by atoms with Crippen LogP contribution in [0.25, 0.3) is 11.3 Å². The van der Waals surface area contributed by atoms with E-state index in [2.05, 4.69) is 32.8 Å². The summed E-state index contributed by atoms with van der Waals surface area (Å²) in [7, 11) is 0. The van der Waals surface area contributed by atoms with Crippen LogP contribution in [0.5, 0.6) is 0 Å². The van der Waals surface area contributed by atoms with E-state index in [9.17, 15) is 0 Å². The lowest BCUT2D eigenvalue weighted by molar-refractivity contribution is 0.183. The van der Waals surface area contributed by atoms with E-state index >= 15 is 0 Å². The van der Waals surface area contributed by atoms with Gasteiger partial charge in [-0.15, -0.1) is 0 Å². The van der Waals surface area contributed by atoms with Gasteiger partial charge in [-0.05, 0) is 55.7 Å². The zero-order chi connectivity index (χ0) is 21.4. The Morgan fingerprint density at radius 3 is 2.35 bits per heavy atom. The van der Waals surface area contributed by atoms with Crippen molar-refractivity contribution in [3.8, 4) is 11.3 Å². The fourth-order valence-corrected chi connectivity index (χ4v) is 5.69. The molecule has 5 rings (SSSR count). The van der Waals surface area contributed by atoms with Gasteiger partial charge in [0.1, 0.15) is 0 Å². The van der Waals surface area contributed by atoms with E-state index in [4.69, 9.17) is 39.9 Å². The normalized spacial score (nSPS) is 22.2. The summed E-state index contributed by atoms with van der Waals surface area (Å²) in [6, 6.07) is 16.8. The molecular formula is C24H25Cl3N4. The van der Waals surface area contributed by atoms with Crippen LogP contribution in [-0.2, 0) is 0 Å². The van der Waals surface area contributed by atoms with Crippen LogP contribution in [0.4, 0.5) is 5.69 Å². The Morgan fingerprint density at radius 1 is 0.806 bits per heavy atom. The maximum atomic E-state index is 6.39. The van der Waals surface area contributed by atoms with Crippen LogP contribution in [0.3, 0.4) is 0 Å². The minimum absolute atomic E-state index is 0.437. The van der Waals surface area contributed by atoms with Crippen molar-refractivity contribution in [3.05, 3.63) is 69.8 Å². The van der Waals surface area contributed by atoms with Gasteiger partial charge in [-0.25, -0.2) is 0 Å². The van der Waals surface area contributed by atoms with Crippen molar-refractivity contribution in [3.63, 3.8) is 0 Å². The van der Waals surface area contributed by atoms with Gasteiger partial charge in [-0.1, -0.05) is 46.9 Å². The Bertz CT molecular complexity index is 1060. The SMILES string of the molecule is Clc1ccc(-c2ccn([C@H]3CC[C@H](N4CCN(c5ccccc5Cl)CC4)C3)n2)c(Cl)c1. The van der Waals surface area contributed by atoms with Gasteiger partial charge in [-0.3, -0.25) is 9.58 Å². The van der Waals surface area contributed by atoms with Gasteiger partial charge in [-0.2, -0.15) is 5.10 Å². The topological polar surface area (TPSA) is 24.3 Å². The molecule has 0 radical (unpaired) electrons. The highest BCUT2D eigenvalue weighted by molar-refractivity contribution is 6.36. The number of anilines is 1. The maximum Gasteiger partial charge on any atom is 0.0938 e. The summed E-state index contributed by atoms with van der Waals surface area (Å²) in [4.78, 5) is 5.05. The summed E-state index contributed by atoms with van der Waals surface area (Å²) in [6.45, 7) is 4.19. The van der Waals surface area contributed by atoms with Gasteiger partial charge in [0, 0.05) is 49.0 Å². The number of piperazine rings is 1. The molecule has 1 saturated heterocycles. The summed E-state index contributed by atoms with van der Waals surface area (Å²) >= 11 is 18.8. The van der Waals surface area contributed by atoms with Crippen molar-refractivity contribution in [1.82, 2.24) is 14.7 Å². The largest absolute Gasteiger partial charge is 0.368 e. The summed E-state index contributed by atoms with van der Waals surface area (Å²) < 4.78 is 2.13. The second-order valence-electron chi connectivity index (χ2n) is 8.40. The predicted molar refractivity (Wildman–Crippen MR) is 130 cm³/mol. The van der Waals surface area contributed by atoms with E-state index in [0.717, 1.165) is 61.0 Å². The average molecular weight is 476 g/mol. The minimum Gasteiger partial charge on any atom is -0.368 e. The highest BCUT2D eigenvalue weighted by atomic mass is 35.5. The van der Waals surface area contributed by atoms with E-state index in [-0.39, 0.29) is 0 Å². The van der Waals surface area contributed by atoms with Crippen molar-refractivity contribution >= 4 is 40.5 Å². The minimum atomic E-state index is 0.437. The van der Waals surface area contributed by atoms with Gasteiger partial charge < -0.3 is 4.90 Å². The number of hydrogen-bond acceptors (Lipinski definition) is 3. The summed E-state index contributed by atoms with van der Waals surface area (Å²) in [5, 5.41) is 6.96. The molecule has 2 fully saturated rings. The first kappa shape index (κ1) is 21.1. The summed E-state index contributed by atoms with van der Waals surface area (Å²) in [6.07, 6.45) is 5.60. The Labute approximate surface area is 198 Å². The van der Waals surface area contributed by atoms with Gasteiger partial charge in [0.05, 0.1) is 27.5 Å². The third-order valence-electron chi connectivity index (χ3n) is 6.59. The lowest BCUT2D eigenvalue weighted by Crippen LogP contribution is -2.49. The highest BCUT2D eigenvalue weighted by Crippen LogP contribution is 2.36. The quantitative estimate of drug-likeness (QED) is 0.435. The van der Waals surface area contributed by atoms with Gasteiger partial charge in [0.15, 0.2) is 0 Å². The molecule has 4 nitrogen and oxygen atoms in total. The highest BCUT2D eigenvalue weighted by Gasteiger charge is 2.32. The van der Waals surface area contributed by atoms with E-state index in [0.29, 0.717) is 22.1 Å². The van der Waals surface area contributed by atoms with Crippen molar-refractivity contribution < 1.29 is 0 Å². The van der Waals surface area contributed by atoms with Crippen LogP contribution in [0, 0.1) is 0 Å². The summed E-state index contributed by atoms with van der Waals surface area (Å²) in [5.74, 6) is 0. The molecule has 0 spiro atoms. The van der Waals surface area contributed by atoms with Crippen LogP contribution in [0.2, 0.25) is 15.1 Å². The van der Waals surface area contributed by atoms with Crippen LogP contribution in [0.1, 0.15) is 25.3 Å². The third kappa shape index (κ3) is 4.45. The molecule has 0 amide bonds. The Kier molecular flexibility index (Phi) is 6.16. The van der Waals surface area contributed by atoms with Crippen molar-refractivity contribution in [2.75, 3.05) is 31.1 Å². The van der Waals surface area contributed by atoms with Crippen LogP contribution < -0.4 is 4.90 Å². The third-order valence-corrected chi connectivity index (χ3v) is 7.46. The number of halogens is 3. The zero-order valence-corrected chi connectivity index (χ0v) is 19.5. The van der Waals surface area contributed by atoms with Crippen molar-refractivity contribution in [2.45, 2.75) is 31.3 Å². The van der Waals surface area contributed by atoms with Crippen LogP contribution >= 0.6 is 34.8 Å². The molecule has 2 aliphatic rings. The molecule has 2 aromatic carbocycles. The van der Waals surface area contributed by atoms with E-state index in [1.54, 1.807) is 6.07 Å². The van der Waals surface area contributed by atoms with Gasteiger partial charge in [0.2, 0.25) is 0 Å². The molecule has 7 heteroatoms. The Balaban J connectivity index is 1.20. The average Bonchev–Trinajstić information content (AvgIpc) is 3.44. The molecular weight excluding hydrogens is 451 g/mol. The molecule has 1 saturated carbocycles. The molecule has 2 heterocycles. The predicted octanol–water partition coefficient (Wildman–Crippen LogP) is 6.43. The Morgan fingerprint density at radius 2 is 1.58 bits per heavy atom.